The Kier molecular flexibility index (Phi) is 7.46. The molecule has 0 atom stereocenters. The van der Waals surface area contributed by atoms with E-state index in [1.54, 1.807) is 19.3 Å². The van der Waals surface area contributed by atoms with Crippen LogP contribution in [0.4, 0.5) is 0 Å². The van der Waals surface area contributed by atoms with Crippen LogP contribution in [-0.4, -0.2) is 18.6 Å². The van der Waals surface area contributed by atoms with Crippen molar-refractivity contribution in [1.82, 2.24) is 5.32 Å². The number of nitrogens with two attached hydrogens (primary N) is 1. The highest BCUT2D eigenvalue weighted by Gasteiger charge is 2.50. The molecule has 24 heavy (non-hydrogen) atoms. The van der Waals surface area contributed by atoms with E-state index in [4.69, 9.17) is 5.73 Å². The van der Waals surface area contributed by atoms with Crippen LogP contribution in [0.25, 0.3) is 0 Å². The van der Waals surface area contributed by atoms with Crippen molar-refractivity contribution in [3.63, 3.8) is 0 Å². The summed E-state index contributed by atoms with van der Waals surface area (Å²) in [7, 11) is 0. The molecule has 0 amide bonds. The lowest BCUT2D eigenvalue weighted by atomic mass is 9.53. The minimum Gasteiger partial charge on any atom is -0.330 e. The van der Waals surface area contributed by atoms with E-state index < -0.39 is 0 Å². The van der Waals surface area contributed by atoms with Gasteiger partial charge >= 0.3 is 0 Å². The zero-order valence-corrected chi connectivity index (χ0v) is 16.0. The molecule has 0 unspecified atom stereocenters. The summed E-state index contributed by atoms with van der Waals surface area (Å²) in [5.41, 5.74) is 6.11. The normalized spacial score (nSPS) is 34.1. The molecule has 0 heterocycles. The maximum absolute atomic E-state index is 5.53. The molecule has 4 fully saturated rings. The zero-order valence-electron chi connectivity index (χ0n) is 16.0. The third-order valence-electron chi connectivity index (χ3n) is 7.17. The average molecular weight is 335 g/mol. The number of unbranched alkanes of at least 4 members (excludes halogenated alkanes) is 9. The second-order valence-corrected chi connectivity index (χ2v) is 9.45. The molecule has 4 saturated carbocycles. The molecule has 140 valence electrons. The number of rotatable bonds is 13. The van der Waals surface area contributed by atoms with Crippen molar-refractivity contribution in [1.29, 1.82) is 0 Å². The first kappa shape index (κ1) is 18.7. The van der Waals surface area contributed by atoms with Crippen molar-refractivity contribution in [3.05, 3.63) is 0 Å². The van der Waals surface area contributed by atoms with E-state index in [0.29, 0.717) is 5.54 Å². The zero-order chi connectivity index (χ0) is 16.7. The van der Waals surface area contributed by atoms with E-state index >= 15 is 0 Å². The quantitative estimate of drug-likeness (QED) is 0.442. The molecule has 0 aromatic carbocycles. The van der Waals surface area contributed by atoms with Crippen LogP contribution >= 0.6 is 0 Å². The second-order valence-electron chi connectivity index (χ2n) is 9.45. The van der Waals surface area contributed by atoms with Gasteiger partial charge in [0.25, 0.3) is 0 Å². The Morgan fingerprint density at radius 2 is 1.04 bits per heavy atom. The SMILES string of the molecule is NCCCCCCCCCCCCNC12CC3CC(CC(C3)C1)C2. The number of hydrogen-bond donors (Lipinski definition) is 2. The van der Waals surface area contributed by atoms with E-state index in [9.17, 15) is 0 Å². The first-order valence-electron chi connectivity index (χ1n) is 11.2. The molecule has 0 aromatic heterocycles. The van der Waals surface area contributed by atoms with Gasteiger partial charge in [-0.1, -0.05) is 51.4 Å². The van der Waals surface area contributed by atoms with Gasteiger partial charge in [-0.25, -0.2) is 0 Å². The fourth-order valence-electron chi connectivity index (χ4n) is 6.36. The minimum absolute atomic E-state index is 0.582. The molecule has 4 aliphatic carbocycles. The summed E-state index contributed by atoms with van der Waals surface area (Å²) in [6.45, 7) is 2.16. The van der Waals surface area contributed by atoms with Crippen molar-refractivity contribution < 1.29 is 0 Å². The van der Waals surface area contributed by atoms with Crippen molar-refractivity contribution in [3.8, 4) is 0 Å². The van der Waals surface area contributed by atoms with Crippen LogP contribution in [0.15, 0.2) is 0 Å². The van der Waals surface area contributed by atoms with Crippen LogP contribution in [0.2, 0.25) is 0 Å². The Morgan fingerprint density at radius 3 is 1.50 bits per heavy atom. The summed E-state index contributed by atoms with van der Waals surface area (Å²) in [6.07, 6.45) is 23.2. The van der Waals surface area contributed by atoms with Crippen LogP contribution in [0.5, 0.6) is 0 Å². The lowest BCUT2D eigenvalue weighted by Crippen LogP contribution is -2.58. The predicted octanol–water partition coefficient (Wildman–Crippen LogP) is 5.40. The highest BCUT2D eigenvalue weighted by atomic mass is 15.0. The standard InChI is InChI=1S/C22H42N2/c23-11-9-7-5-3-1-2-4-6-8-10-12-24-22-16-19-13-20(17-22)15-21(14-19)18-22/h19-21,24H,1-18,23H2. The molecule has 0 aliphatic heterocycles. The summed E-state index contributed by atoms with van der Waals surface area (Å²) in [5.74, 6) is 3.23. The monoisotopic (exact) mass is 334 g/mol. The summed E-state index contributed by atoms with van der Waals surface area (Å²) >= 11 is 0. The predicted molar refractivity (Wildman–Crippen MR) is 104 cm³/mol. The molecule has 3 N–H and O–H groups in total. The molecule has 2 heteroatoms. The van der Waals surface area contributed by atoms with Gasteiger partial charge in [0.1, 0.15) is 0 Å². The summed E-state index contributed by atoms with van der Waals surface area (Å²) in [5, 5.41) is 4.05. The molecule has 2 nitrogen and oxygen atoms in total. The number of hydrogen-bond acceptors (Lipinski definition) is 2. The maximum atomic E-state index is 5.53. The van der Waals surface area contributed by atoms with Crippen LogP contribution in [0.1, 0.15) is 103 Å². The Balaban J connectivity index is 1.16. The first-order chi connectivity index (χ1) is 11.8. The summed E-state index contributed by atoms with van der Waals surface area (Å²) in [6, 6.07) is 0. The van der Waals surface area contributed by atoms with Gasteiger partial charge in [0.05, 0.1) is 0 Å². The molecule has 0 radical (unpaired) electrons. The van der Waals surface area contributed by atoms with E-state index in [1.165, 1.54) is 90.0 Å². The van der Waals surface area contributed by atoms with Gasteiger partial charge < -0.3 is 11.1 Å². The molecule has 0 saturated heterocycles. The molecule has 4 aliphatic rings. The average Bonchev–Trinajstić information content (AvgIpc) is 2.54. The fraction of sp³-hybridized carbons (Fsp3) is 1.00. The number of nitrogens with one attached hydrogen (secondary N) is 1. The third kappa shape index (κ3) is 5.46. The lowest BCUT2D eigenvalue weighted by molar-refractivity contribution is -0.0196. The fourth-order valence-corrected chi connectivity index (χ4v) is 6.36. The van der Waals surface area contributed by atoms with Crippen LogP contribution < -0.4 is 11.1 Å². The van der Waals surface area contributed by atoms with Crippen molar-refractivity contribution in [2.75, 3.05) is 13.1 Å². The summed E-state index contributed by atoms with van der Waals surface area (Å²) < 4.78 is 0. The van der Waals surface area contributed by atoms with Crippen molar-refractivity contribution in [2.24, 2.45) is 23.5 Å². The Bertz CT molecular complexity index is 317. The first-order valence-corrected chi connectivity index (χ1v) is 11.2. The highest BCUT2D eigenvalue weighted by molar-refractivity contribution is 5.06. The van der Waals surface area contributed by atoms with E-state index in [0.717, 1.165) is 24.3 Å². The van der Waals surface area contributed by atoms with E-state index in [2.05, 4.69) is 5.32 Å². The third-order valence-corrected chi connectivity index (χ3v) is 7.17. The van der Waals surface area contributed by atoms with Crippen molar-refractivity contribution in [2.45, 2.75) is 108 Å². The molecule has 4 bridgehead atoms. The lowest BCUT2D eigenvalue weighted by Gasteiger charge is -2.57. The van der Waals surface area contributed by atoms with Gasteiger partial charge in [-0.2, -0.15) is 0 Å². The van der Waals surface area contributed by atoms with Gasteiger partial charge in [0.15, 0.2) is 0 Å². The summed E-state index contributed by atoms with van der Waals surface area (Å²) in [4.78, 5) is 0. The molecular formula is C22H42N2. The Hall–Kier alpha value is -0.0800. The van der Waals surface area contributed by atoms with Gasteiger partial charge in [-0.05, 0) is 82.2 Å². The van der Waals surface area contributed by atoms with Crippen LogP contribution in [0.3, 0.4) is 0 Å². The highest BCUT2D eigenvalue weighted by Crippen LogP contribution is 2.55. The molecule has 0 aromatic rings. The van der Waals surface area contributed by atoms with Gasteiger partial charge in [-0.3, -0.25) is 0 Å². The second kappa shape index (κ2) is 9.57. The smallest absolute Gasteiger partial charge is 0.0189 e. The molecule has 0 spiro atoms. The maximum Gasteiger partial charge on any atom is 0.0189 e. The van der Waals surface area contributed by atoms with Crippen molar-refractivity contribution >= 4 is 0 Å². The molecule has 4 rings (SSSR count). The Labute approximate surface area is 150 Å². The van der Waals surface area contributed by atoms with Crippen LogP contribution in [-0.2, 0) is 0 Å². The van der Waals surface area contributed by atoms with Gasteiger partial charge in [0.2, 0.25) is 0 Å². The largest absolute Gasteiger partial charge is 0.330 e. The minimum atomic E-state index is 0.582. The Morgan fingerprint density at radius 1 is 0.625 bits per heavy atom. The van der Waals surface area contributed by atoms with Crippen LogP contribution in [0, 0.1) is 17.8 Å². The van der Waals surface area contributed by atoms with Gasteiger partial charge in [-0.15, -0.1) is 0 Å². The van der Waals surface area contributed by atoms with E-state index in [-0.39, 0.29) is 0 Å². The topological polar surface area (TPSA) is 38.0 Å². The van der Waals surface area contributed by atoms with E-state index in [1.807, 2.05) is 0 Å². The van der Waals surface area contributed by atoms with Gasteiger partial charge in [0, 0.05) is 5.54 Å². The molecular weight excluding hydrogens is 292 g/mol.